The van der Waals surface area contributed by atoms with E-state index < -0.39 is 0 Å². The van der Waals surface area contributed by atoms with E-state index in [0.717, 1.165) is 0 Å². The van der Waals surface area contributed by atoms with E-state index >= 15 is 0 Å². The fourth-order valence-corrected chi connectivity index (χ4v) is 1.48. The predicted octanol–water partition coefficient (Wildman–Crippen LogP) is 2.06. The summed E-state index contributed by atoms with van der Waals surface area (Å²) in [4.78, 5) is 17.8. The third-order valence-electron chi connectivity index (χ3n) is 2.25. The number of anilines is 2. The van der Waals surface area contributed by atoms with Crippen molar-refractivity contribution in [2.45, 2.75) is 27.2 Å². The van der Waals surface area contributed by atoms with Gasteiger partial charge in [0.1, 0.15) is 5.82 Å². The zero-order valence-corrected chi connectivity index (χ0v) is 10.1. The number of nitrogens with zero attached hydrogens (tertiary/aromatic N) is 2. The molecule has 0 fully saturated rings. The lowest BCUT2D eigenvalue weighted by atomic mass is 10.1. The van der Waals surface area contributed by atoms with Crippen molar-refractivity contribution in [3.63, 3.8) is 0 Å². The van der Waals surface area contributed by atoms with Gasteiger partial charge in [-0.15, -0.1) is 0 Å². The SMILES string of the molecule is CCN(C(=O)CC(C)C)c1ccc(N)cn1. The third kappa shape index (κ3) is 3.22. The molecule has 0 atom stereocenters. The van der Waals surface area contributed by atoms with Gasteiger partial charge in [-0.1, -0.05) is 13.8 Å². The second-order valence-corrected chi connectivity index (χ2v) is 4.19. The molecule has 16 heavy (non-hydrogen) atoms. The molecule has 2 N–H and O–H groups in total. The van der Waals surface area contributed by atoms with Gasteiger partial charge in [0.05, 0.1) is 11.9 Å². The molecular formula is C12H19N3O. The molecule has 0 bridgehead atoms. The quantitative estimate of drug-likeness (QED) is 0.846. The molecule has 0 aromatic carbocycles. The Kier molecular flexibility index (Phi) is 4.28. The summed E-state index contributed by atoms with van der Waals surface area (Å²) in [6.07, 6.45) is 2.11. The molecule has 0 aliphatic carbocycles. The smallest absolute Gasteiger partial charge is 0.228 e. The van der Waals surface area contributed by atoms with Crippen molar-refractivity contribution in [2.24, 2.45) is 5.92 Å². The van der Waals surface area contributed by atoms with E-state index in [-0.39, 0.29) is 5.91 Å². The van der Waals surface area contributed by atoms with Gasteiger partial charge in [-0.05, 0) is 25.0 Å². The van der Waals surface area contributed by atoms with E-state index in [1.54, 1.807) is 23.2 Å². The summed E-state index contributed by atoms with van der Waals surface area (Å²) < 4.78 is 0. The molecule has 0 saturated heterocycles. The molecule has 4 heteroatoms. The van der Waals surface area contributed by atoms with Crippen LogP contribution in [0.1, 0.15) is 27.2 Å². The molecule has 0 spiro atoms. The van der Waals surface area contributed by atoms with Gasteiger partial charge < -0.3 is 5.73 Å². The maximum absolute atomic E-state index is 11.9. The van der Waals surface area contributed by atoms with Gasteiger partial charge in [0.2, 0.25) is 5.91 Å². The molecular weight excluding hydrogens is 202 g/mol. The van der Waals surface area contributed by atoms with Crippen LogP contribution >= 0.6 is 0 Å². The van der Waals surface area contributed by atoms with Crippen molar-refractivity contribution in [3.8, 4) is 0 Å². The van der Waals surface area contributed by atoms with Gasteiger partial charge in [0.25, 0.3) is 0 Å². The second kappa shape index (κ2) is 5.49. The average Bonchev–Trinajstić information content (AvgIpc) is 2.21. The van der Waals surface area contributed by atoms with E-state index in [2.05, 4.69) is 4.98 Å². The zero-order chi connectivity index (χ0) is 12.1. The summed E-state index contributed by atoms with van der Waals surface area (Å²) in [7, 11) is 0. The Hall–Kier alpha value is -1.58. The lowest BCUT2D eigenvalue weighted by Gasteiger charge is -2.20. The minimum atomic E-state index is 0.106. The Morgan fingerprint density at radius 1 is 1.50 bits per heavy atom. The summed E-state index contributed by atoms with van der Waals surface area (Å²) >= 11 is 0. The normalized spacial score (nSPS) is 10.5. The number of nitrogen functional groups attached to an aromatic ring is 1. The largest absolute Gasteiger partial charge is 0.397 e. The molecule has 1 aromatic rings. The summed E-state index contributed by atoms with van der Waals surface area (Å²) in [6, 6.07) is 3.53. The molecule has 0 radical (unpaired) electrons. The van der Waals surface area contributed by atoms with Crippen LogP contribution in [-0.4, -0.2) is 17.4 Å². The molecule has 1 amide bonds. The highest BCUT2D eigenvalue weighted by molar-refractivity contribution is 5.92. The first-order valence-corrected chi connectivity index (χ1v) is 5.56. The highest BCUT2D eigenvalue weighted by Crippen LogP contribution is 2.14. The molecule has 1 rings (SSSR count). The number of carbonyl (C=O) groups excluding carboxylic acids is 1. The molecule has 1 heterocycles. The minimum absolute atomic E-state index is 0.106. The van der Waals surface area contributed by atoms with Crippen molar-refractivity contribution >= 4 is 17.4 Å². The van der Waals surface area contributed by atoms with Crippen molar-refractivity contribution in [1.82, 2.24) is 4.98 Å². The summed E-state index contributed by atoms with van der Waals surface area (Å²) in [5.74, 6) is 1.13. The van der Waals surface area contributed by atoms with E-state index in [0.29, 0.717) is 30.4 Å². The van der Waals surface area contributed by atoms with E-state index in [1.807, 2.05) is 20.8 Å². The van der Waals surface area contributed by atoms with Crippen LogP contribution in [0.3, 0.4) is 0 Å². The standard InChI is InChI=1S/C12H19N3O/c1-4-15(12(16)7-9(2)3)11-6-5-10(13)8-14-11/h5-6,8-9H,4,7,13H2,1-3H3. The summed E-state index contributed by atoms with van der Waals surface area (Å²) in [5, 5.41) is 0. The van der Waals surface area contributed by atoms with Crippen LogP contribution in [0.4, 0.5) is 11.5 Å². The second-order valence-electron chi connectivity index (χ2n) is 4.19. The Bertz CT molecular complexity index is 346. The number of hydrogen-bond acceptors (Lipinski definition) is 3. The minimum Gasteiger partial charge on any atom is -0.397 e. The topological polar surface area (TPSA) is 59.2 Å². The number of nitrogens with two attached hydrogens (primary N) is 1. The van der Waals surface area contributed by atoms with Crippen molar-refractivity contribution in [2.75, 3.05) is 17.2 Å². The Morgan fingerprint density at radius 2 is 2.19 bits per heavy atom. The molecule has 0 unspecified atom stereocenters. The monoisotopic (exact) mass is 221 g/mol. The van der Waals surface area contributed by atoms with Crippen molar-refractivity contribution < 1.29 is 4.79 Å². The van der Waals surface area contributed by atoms with E-state index in [1.165, 1.54) is 0 Å². The van der Waals surface area contributed by atoms with Crippen molar-refractivity contribution in [3.05, 3.63) is 18.3 Å². The molecule has 1 aromatic heterocycles. The maximum atomic E-state index is 11.9. The van der Waals surface area contributed by atoms with Gasteiger partial charge in [0.15, 0.2) is 0 Å². The molecule has 4 nitrogen and oxygen atoms in total. The Balaban J connectivity index is 2.81. The predicted molar refractivity (Wildman–Crippen MR) is 66.1 cm³/mol. The van der Waals surface area contributed by atoms with Gasteiger partial charge in [0, 0.05) is 13.0 Å². The van der Waals surface area contributed by atoms with Crippen LogP contribution in [0.15, 0.2) is 18.3 Å². The van der Waals surface area contributed by atoms with Crippen LogP contribution in [0.2, 0.25) is 0 Å². The molecule has 0 aliphatic rings. The summed E-state index contributed by atoms with van der Waals surface area (Å²) in [5.41, 5.74) is 6.17. The van der Waals surface area contributed by atoms with Crippen LogP contribution in [-0.2, 0) is 4.79 Å². The molecule has 88 valence electrons. The fraction of sp³-hybridized carbons (Fsp3) is 0.500. The highest BCUT2D eigenvalue weighted by atomic mass is 16.2. The first kappa shape index (κ1) is 12.5. The first-order valence-electron chi connectivity index (χ1n) is 5.56. The van der Waals surface area contributed by atoms with E-state index in [4.69, 9.17) is 5.73 Å². The molecule has 0 saturated carbocycles. The van der Waals surface area contributed by atoms with Crippen LogP contribution in [0.5, 0.6) is 0 Å². The highest BCUT2D eigenvalue weighted by Gasteiger charge is 2.15. The lowest BCUT2D eigenvalue weighted by molar-refractivity contribution is -0.119. The van der Waals surface area contributed by atoms with Gasteiger partial charge in [-0.25, -0.2) is 4.98 Å². The molecule has 0 aliphatic heterocycles. The summed E-state index contributed by atoms with van der Waals surface area (Å²) in [6.45, 7) is 6.63. The van der Waals surface area contributed by atoms with Gasteiger partial charge in [-0.2, -0.15) is 0 Å². The number of aromatic nitrogens is 1. The van der Waals surface area contributed by atoms with Gasteiger partial charge >= 0.3 is 0 Å². The number of pyridine rings is 1. The van der Waals surface area contributed by atoms with Crippen molar-refractivity contribution in [1.29, 1.82) is 0 Å². The first-order chi connectivity index (χ1) is 7.54. The third-order valence-corrected chi connectivity index (χ3v) is 2.25. The number of hydrogen-bond donors (Lipinski definition) is 1. The fourth-order valence-electron chi connectivity index (χ4n) is 1.48. The Morgan fingerprint density at radius 3 is 2.62 bits per heavy atom. The van der Waals surface area contributed by atoms with Crippen LogP contribution < -0.4 is 10.6 Å². The van der Waals surface area contributed by atoms with Crippen LogP contribution in [0, 0.1) is 5.92 Å². The number of rotatable bonds is 4. The van der Waals surface area contributed by atoms with Crippen LogP contribution in [0.25, 0.3) is 0 Å². The Labute approximate surface area is 96.5 Å². The maximum Gasteiger partial charge on any atom is 0.228 e. The number of amides is 1. The number of carbonyl (C=O) groups is 1. The lowest BCUT2D eigenvalue weighted by Crippen LogP contribution is -2.32. The zero-order valence-electron chi connectivity index (χ0n) is 10.1. The van der Waals surface area contributed by atoms with E-state index in [9.17, 15) is 4.79 Å². The average molecular weight is 221 g/mol. The van der Waals surface area contributed by atoms with Gasteiger partial charge in [-0.3, -0.25) is 9.69 Å².